The Morgan fingerprint density at radius 1 is 0.786 bits per heavy atom. The zero-order chi connectivity index (χ0) is 19.5. The van der Waals surface area contributed by atoms with E-state index in [0.717, 1.165) is 27.9 Å². The van der Waals surface area contributed by atoms with Crippen LogP contribution in [0.25, 0.3) is 17.2 Å². The van der Waals surface area contributed by atoms with E-state index in [9.17, 15) is 4.79 Å². The minimum absolute atomic E-state index is 0.305. The summed E-state index contributed by atoms with van der Waals surface area (Å²) in [5, 5.41) is 0. The lowest BCUT2D eigenvalue weighted by Crippen LogP contribution is -2.08. The first-order chi connectivity index (χ1) is 13.6. The second-order valence-corrected chi connectivity index (χ2v) is 6.77. The summed E-state index contributed by atoms with van der Waals surface area (Å²) in [6.45, 7) is 0. The Labute approximate surface area is 164 Å². The first-order valence-corrected chi connectivity index (χ1v) is 9.06. The van der Waals surface area contributed by atoms with Crippen LogP contribution in [0.3, 0.4) is 0 Å². The molecule has 0 unspecified atom stereocenters. The average Bonchev–Trinajstić information content (AvgIpc) is 3.09. The van der Waals surface area contributed by atoms with Gasteiger partial charge in [0.15, 0.2) is 5.70 Å². The van der Waals surface area contributed by atoms with Crippen LogP contribution >= 0.6 is 0 Å². The van der Waals surface area contributed by atoms with Crippen molar-refractivity contribution in [1.29, 1.82) is 0 Å². The van der Waals surface area contributed by atoms with Crippen LogP contribution in [0.1, 0.15) is 11.1 Å². The summed E-state index contributed by atoms with van der Waals surface area (Å²) in [6.07, 6.45) is 1.74. The summed E-state index contributed by atoms with van der Waals surface area (Å²) in [6, 6.07) is 25.9. The first kappa shape index (κ1) is 17.7. The van der Waals surface area contributed by atoms with E-state index >= 15 is 0 Å². The van der Waals surface area contributed by atoms with Crippen molar-refractivity contribution in [2.45, 2.75) is 0 Å². The number of carbonyl (C=O) groups is 1. The highest BCUT2D eigenvalue weighted by atomic mass is 16.6. The first-order valence-electron chi connectivity index (χ1n) is 9.06. The van der Waals surface area contributed by atoms with E-state index in [-0.39, 0.29) is 0 Å². The highest BCUT2D eigenvalue weighted by Crippen LogP contribution is 2.23. The summed E-state index contributed by atoms with van der Waals surface area (Å²) in [5.41, 5.74) is 5.33. The largest absolute Gasteiger partial charge is 0.402 e. The van der Waals surface area contributed by atoms with Gasteiger partial charge in [0.25, 0.3) is 0 Å². The number of cyclic esters (lactones) is 1. The van der Waals surface area contributed by atoms with Gasteiger partial charge in [-0.1, -0.05) is 54.6 Å². The van der Waals surface area contributed by atoms with Gasteiger partial charge in [0, 0.05) is 25.3 Å². The Balaban J connectivity index is 1.57. The molecule has 0 aromatic heterocycles. The minimum atomic E-state index is -0.432. The third-order valence-electron chi connectivity index (χ3n) is 4.57. The van der Waals surface area contributed by atoms with Gasteiger partial charge in [-0.15, -0.1) is 0 Å². The van der Waals surface area contributed by atoms with Crippen LogP contribution in [0.2, 0.25) is 0 Å². The number of nitrogens with zero attached hydrogens (tertiary/aromatic N) is 2. The molecule has 0 saturated heterocycles. The van der Waals surface area contributed by atoms with Crippen LogP contribution in [-0.4, -0.2) is 26.0 Å². The molecule has 3 aromatic rings. The standard InChI is InChI=1S/C24H20N2O2/c1-26(2)21-14-8-17(9-15-21)16-22-24(27)28-23(25-22)20-12-10-19(11-13-20)18-6-4-3-5-7-18/h3-16H,1-2H3. The maximum atomic E-state index is 12.2. The van der Waals surface area contributed by atoms with E-state index in [1.807, 2.05) is 85.7 Å². The molecule has 0 N–H and O–H groups in total. The summed E-state index contributed by atoms with van der Waals surface area (Å²) < 4.78 is 5.37. The van der Waals surface area contributed by atoms with Gasteiger partial charge in [-0.2, -0.15) is 0 Å². The van der Waals surface area contributed by atoms with Gasteiger partial charge >= 0.3 is 5.97 Å². The molecule has 28 heavy (non-hydrogen) atoms. The van der Waals surface area contributed by atoms with E-state index in [1.54, 1.807) is 6.08 Å². The second-order valence-electron chi connectivity index (χ2n) is 6.77. The molecular formula is C24H20N2O2. The molecule has 4 nitrogen and oxygen atoms in total. The van der Waals surface area contributed by atoms with Crippen LogP contribution in [0.5, 0.6) is 0 Å². The minimum Gasteiger partial charge on any atom is -0.402 e. The highest BCUT2D eigenvalue weighted by Gasteiger charge is 2.24. The topological polar surface area (TPSA) is 41.9 Å². The van der Waals surface area contributed by atoms with Gasteiger partial charge in [0.2, 0.25) is 5.90 Å². The molecule has 0 saturated carbocycles. The van der Waals surface area contributed by atoms with Crippen LogP contribution in [0.15, 0.2) is 89.6 Å². The van der Waals surface area contributed by atoms with Crippen molar-refractivity contribution in [2.75, 3.05) is 19.0 Å². The van der Waals surface area contributed by atoms with E-state index in [4.69, 9.17) is 4.74 Å². The van der Waals surface area contributed by atoms with Crippen LogP contribution < -0.4 is 4.90 Å². The van der Waals surface area contributed by atoms with Gasteiger partial charge in [-0.3, -0.25) is 0 Å². The average molecular weight is 368 g/mol. The van der Waals surface area contributed by atoms with E-state index < -0.39 is 5.97 Å². The molecule has 0 atom stereocenters. The van der Waals surface area contributed by atoms with Gasteiger partial charge in [0.05, 0.1) is 0 Å². The Bertz CT molecular complexity index is 1050. The van der Waals surface area contributed by atoms with Gasteiger partial charge in [0.1, 0.15) is 0 Å². The summed E-state index contributed by atoms with van der Waals surface area (Å²) in [4.78, 5) is 18.6. The van der Waals surface area contributed by atoms with Gasteiger partial charge < -0.3 is 9.64 Å². The Morgan fingerprint density at radius 3 is 2.04 bits per heavy atom. The van der Waals surface area contributed by atoms with E-state index in [0.29, 0.717) is 11.6 Å². The lowest BCUT2D eigenvalue weighted by atomic mass is 10.0. The second kappa shape index (κ2) is 7.53. The molecule has 1 aliphatic rings. The number of anilines is 1. The Hall–Kier alpha value is -3.66. The van der Waals surface area contributed by atoms with Crippen LogP contribution in [0, 0.1) is 0 Å². The molecule has 0 bridgehead atoms. The fourth-order valence-corrected chi connectivity index (χ4v) is 3.00. The predicted molar refractivity (Wildman–Crippen MR) is 113 cm³/mol. The Kier molecular flexibility index (Phi) is 4.77. The highest BCUT2D eigenvalue weighted by molar-refractivity contribution is 6.13. The zero-order valence-corrected chi connectivity index (χ0v) is 15.8. The van der Waals surface area contributed by atoms with Crippen LogP contribution in [0.4, 0.5) is 5.69 Å². The van der Waals surface area contributed by atoms with Crippen molar-refractivity contribution >= 4 is 23.6 Å². The fraction of sp³-hybridized carbons (Fsp3) is 0.0833. The smallest absolute Gasteiger partial charge is 0.363 e. The van der Waals surface area contributed by atoms with Gasteiger partial charge in [-0.05, 0) is 47.0 Å². The van der Waals surface area contributed by atoms with Gasteiger partial charge in [-0.25, -0.2) is 9.79 Å². The third-order valence-corrected chi connectivity index (χ3v) is 4.57. The number of esters is 1. The number of rotatable bonds is 4. The molecule has 0 radical (unpaired) electrons. The lowest BCUT2D eigenvalue weighted by molar-refractivity contribution is -0.129. The predicted octanol–water partition coefficient (Wildman–Crippen LogP) is 4.76. The number of hydrogen-bond acceptors (Lipinski definition) is 4. The monoisotopic (exact) mass is 368 g/mol. The lowest BCUT2D eigenvalue weighted by Gasteiger charge is -2.11. The number of aliphatic imine (C=N–C) groups is 1. The molecular weight excluding hydrogens is 348 g/mol. The maximum Gasteiger partial charge on any atom is 0.363 e. The van der Waals surface area contributed by atoms with Crippen molar-refractivity contribution in [2.24, 2.45) is 4.99 Å². The molecule has 0 amide bonds. The number of benzene rings is 3. The van der Waals surface area contributed by atoms with E-state index in [2.05, 4.69) is 17.1 Å². The molecule has 1 aliphatic heterocycles. The van der Waals surface area contributed by atoms with Crippen molar-refractivity contribution < 1.29 is 9.53 Å². The van der Waals surface area contributed by atoms with Crippen molar-refractivity contribution in [3.8, 4) is 11.1 Å². The number of hydrogen-bond donors (Lipinski definition) is 0. The Morgan fingerprint density at radius 2 is 1.39 bits per heavy atom. The molecule has 0 spiro atoms. The summed E-state index contributed by atoms with van der Waals surface area (Å²) in [7, 11) is 3.98. The molecule has 0 aliphatic carbocycles. The zero-order valence-electron chi connectivity index (χ0n) is 15.8. The number of carbonyl (C=O) groups excluding carboxylic acids is 1. The van der Waals surface area contributed by atoms with Crippen molar-refractivity contribution in [3.63, 3.8) is 0 Å². The molecule has 1 heterocycles. The quantitative estimate of drug-likeness (QED) is 0.492. The fourth-order valence-electron chi connectivity index (χ4n) is 3.00. The molecule has 4 rings (SSSR count). The maximum absolute atomic E-state index is 12.2. The molecule has 138 valence electrons. The molecule has 3 aromatic carbocycles. The van der Waals surface area contributed by atoms with Crippen LogP contribution in [-0.2, 0) is 9.53 Å². The third kappa shape index (κ3) is 3.71. The normalized spacial score (nSPS) is 14.7. The summed E-state index contributed by atoms with van der Waals surface area (Å²) in [5.74, 6) is -0.0976. The molecule has 0 fully saturated rings. The summed E-state index contributed by atoms with van der Waals surface area (Å²) >= 11 is 0. The SMILES string of the molecule is CN(C)c1ccc(C=C2N=C(c3ccc(-c4ccccc4)cc3)OC2=O)cc1. The van der Waals surface area contributed by atoms with E-state index in [1.165, 1.54) is 0 Å². The molecule has 4 heteroatoms. The number of ether oxygens (including phenoxy) is 1. The van der Waals surface area contributed by atoms with Crippen molar-refractivity contribution in [3.05, 3.63) is 95.7 Å². The van der Waals surface area contributed by atoms with Crippen molar-refractivity contribution in [1.82, 2.24) is 0 Å².